The number of carbonyl (C=O) groups excluding carboxylic acids is 1. The van der Waals surface area contributed by atoms with Crippen molar-refractivity contribution in [1.82, 2.24) is 4.98 Å². The Morgan fingerprint density at radius 2 is 2.15 bits per heavy atom. The predicted octanol–water partition coefficient (Wildman–Crippen LogP) is 1.92. The van der Waals surface area contributed by atoms with Gasteiger partial charge in [-0.3, -0.25) is 4.98 Å². The number of aromatic nitrogens is 1. The number of rotatable bonds is 3. The summed E-state index contributed by atoms with van der Waals surface area (Å²) in [5, 5.41) is 9.19. The quantitative estimate of drug-likeness (QED) is 0.834. The number of carbonyl (C=O) groups is 1. The van der Waals surface area contributed by atoms with Crippen LogP contribution in [0.5, 0.6) is 0 Å². The minimum atomic E-state index is -0.493. The number of methoxy groups -OCH3 is 1. The Kier molecular flexibility index (Phi) is 4.00. The number of ether oxygens (including phenoxy) is 1. The van der Waals surface area contributed by atoms with Crippen LogP contribution in [0.15, 0.2) is 30.3 Å². The molecule has 0 radical (unpaired) electrons. The van der Waals surface area contributed by atoms with E-state index in [-0.39, 0.29) is 12.3 Å². The molecule has 0 amide bonds. The van der Waals surface area contributed by atoms with Crippen LogP contribution in [0.25, 0.3) is 11.3 Å². The van der Waals surface area contributed by atoms with Crippen LogP contribution in [0.1, 0.15) is 21.6 Å². The number of pyridine rings is 1. The number of aliphatic hydroxyl groups is 1. The maximum Gasteiger partial charge on any atom is 0.340 e. The summed E-state index contributed by atoms with van der Waals surface area (Å²) in [6, 6.07) is 8.83. The molecule has 5 nitrogen and oxygen atoms in total. The summed E-state index contributed by atoms with van der Waals surface area (Å²) in [6.07, 6.45) is 0. The van der Waals surface area contributed by atoms with Crippen LogP contribution in [-0.4, -0.2) is 23.2 Å². The van der Waals surface area contributed by atoms with Crippen LogP contribution in [0.2, 0.25) is 0 Å². The van der Waals surface area contributed by atoms with E-state index in [0.29, 0.717) is 17.0 Å². The smallest absolute Gasteiger partial charge is 0.340 e. The maximum absolute atomic E-state index is 11.7. The number of esters is 1. The molecule has 3 N–H and O–H groups in total. The zero-order valence-electron chi connectivity index (χ0n) is 11.4. The molecule has 1 heterocycles. The van der Waals surface area contributed by atoms with Crippen molar-refractivity contribution in [2.24, 2.45) is 0 Å². The summed E-state index contributed by atoms with van der Waals surface area (Å²) in [7, 11) is 1.31. The fraction of sp³-hybridized carbons (Fsp3) is 0.200. The first-order valence-electron chi connectivity index (χ1n) is 6.12. The molecule has 20 heavy (non-hydrogen) atoms. The fourth-order valence-corrected chi connectivity index (χ4v) is 2.00. The van der Waals surface area contributed by atoms with E-state index in [1.807, 2.05) is 12.1 Å². The van der Waals surface area contributed by atoms with Gasteiger partial charge in [0.05, 0.1) is 30.7 Å². The number of aliphatic hydroxyl groups excluding tert-OH is 1. The van der Waals surface area contributed by atoms with Crippen LogP contribution in [0, 0.1) is 6.92 Å². The van der Waals surface area contributed by atoms with Crippen molar-refractivity contribution >= 4 is 11.7 Å². The number of benzene rings is 1. The number of nitrogens with zero attached hydrogens (tertiary/aromatic N) is 1. The summed E-state index contributed by atoms with van der Waals surface area (Å²) < 4.78 is 4.72. The molecule has 0 fully saturated rings. The van der Waals surface area contributed by atoms with Gasteiger partial charge in [0, 0.05) is 11.3 Å². The van der Waals surface area contributed by atoms with Crippen molar-refractivity contribution < 1.29 is 14.6 Å². The monoisotopic (exact) mass is 272 g/mol. The molecule has 2 aromatic rings. The number of aryl methyl sites for hydroxylation is 1. The zero-order chi connectivity index (χ0) is 14.7. The van der Waals surface area contributed by atoms with Crippen LogP contribution in [-0.2, 0) is 11.3 Å². The van der Waals surface area contributed by atoms with Gasteiger partial charge in [0.25, 0.3) is 0 Å². The van der Waals surface area contributed by atoms with Crippen LogP contribution in [0.3, 0.4) is 0 Å². The van der Waals surface area contributed by atoms with E-state index in [9.17, 15) is 9.90 Å². The molecule has 0 aliphatic heterocycles. The van der Waals surface area contributed by atoms with Crippen molar-refractivity contribution in [2.75, 3.05) is 12.8 Å². The molecule has 2 rings (SSSR count). The lowest BCUT2D eigenvalue weighted by Crippen LogP contribution is -2.09. The van der Waals surface area contributed by atoms with Crippen LogP contribution >= 0.6 is 0 Å². The Bertz CT molecular complexity index is 654. The maximum atomic E-state index is 11.7. The van der Waals surface area contributed by atoms with Gasteiger partial charge in [0.15, 0.2) is 0 Å². The molecular formula is C15H16N2O3. The lowest BCUT2D eigenvalue weighted by Gasteiger charge is -2.11. The number of nitrogens with two attached hydrogens (primary N) is 1. The van der Waals surface area contributed by atoms with E-state index in [1.54, 1.807) is 25.1 Å². The third-order valence-corrected chi connectivity index (χ3v) is 2.97. The van der Waals surface area contributed by atoms with Crippen LogP contribution < -0.4 is 5.73 Å². The number of hydrogen-bond acceptors (Lipinski definition) is 5. The van der Waals surface area contributed by atoms with Gasteiger partial charge in [-0.1, -0.05) is 18.2 Å². The van der Waals surface area contributed by atoms with Gasteiger partial charge >= 0.3 is 5.97 Å². The van der Waals surface area contributed by atoms with Crippen molar-refractivity contribution in [3.63, 3.8) is 0 Å². The lowest BCUT2D eigenvalue weighted by molar-refractivity contribution is 0.0601. The molecule has 0 aliphatic rings. The highest BCUT2D eigenvalue weighted by molar-refractivity contribution is 5.98. The Balaban J connectivity index is 2.61. The Hall–Kier alpha value is -2.40. The van der Waals surface area contributed by atoms with Gasteiger partial charge in [0.1, 0.15) is 0 Å². The summed E-state index contributed by atoms with van der Waals surface area (Å²) in [5.41, 5.74) is 9.29. The topological polar surface area (TPSA) is 85.4 Å². The van der Waals surface area contributed by atoms with Crippen molar-refractivity contribution in [2.45, 2.75) is 13.5 Å². The van der Waals surface area contributed by atoms with Crippen molar-refractivity contribution in [3.8, 4) is 11.3 Å². The molecule has 0 saturated carbocycles. The van der Waals surface area contributed by atoms with E-state index >= 15 is 0 Å². The normalized spacial score (nSPS) is 10.3. The van der Waals surface area contributed by atoms with Gasteiger partial charge in [-0.2, -0.15) is 0 Å². The highest BCUT2D eigenvalue weighted by Crippen LogP contribution is 2.28. The Labute approximate surface area is 117 Å². The van der Waals surface area contributed by atoms with Gasteiger partial charge in [0.2, 0.25) is 0 Å². The number of nitrogen functional groups attached to an aromatic ring is 1. The van der Waals surface area contributed by atoms with E-state index in [1.165, 1.54) is 7.11 Å². The molecule has 0 atom stereocenters. The standard InChI is InChI=1S/C15H16N2O3/c1-9-6-12(15(19)20-2)13(16)14(17-9)11-5-3-4-10(7-11)8-18/h3-7,18H,8,16H2,1-2H3. The van der Waals surface area contributed by atoms with Gasteiger partial charge in [-0.25, -0.2) is 4.79 Å². The summed E-state index contributed by atoms with van der Waals surface area (Å²) in [6.45, 7) is 1.72. The molecule has 0 unspecified atom stereocenters. The van der Waals surface area contributed by atoms with E-state index in [2.05, 4.69) is 4.98 Å². The summed E-state index contributed by atoms with van der Waals surface area (Å²) in [5.74, 6) is -0.493. The molecule has 1 aromatic carbocycles. The predicted molar refractivity (Wildman–Crippen MR) is 76.1 cm³/mol. The Morgan fingerprint density at radius 1 is 1.40 bits per heavy atom. The second-order valence-electron chi connectivity index (χ2n) is 4.42. The van der Waals surface area contributed by atoms with Gasteiger partial charge in [-0.15, -0.1) is 0 Å². The third-order valence-electron chi connectivity index (χ3n) is 2.97. The molecule has 1 aromatic heterocycles. The van der Waals surface area contributed by atoms with Gasteiger partial charge in [-0.05, 0) is 24.6 Å². The SMILES string of the molecule is COC(=O)c1cc(C)nc(-c2cccc(CO)c2)c1N. The minimum absolute atomic E-state index is 0.0661. The second-order valence-corrected chi connectivity index (χ2v) is 4.42. The largest absolute Gasteiger partial charge is 0.465 e. The average molecular weight is 272 g/mol. The molecule has 5 heteroatoms. The molecule has 0 aliphatic carbocycles. The second kappa shape index (κ2) is 5.71. The lowest BCUT2D eigenvalue weighted by atomic mass is 10.0. The zero-order valence-corrected chi connectivity index (χ0v) is 11.4. The first-order chi connectivity index (χ1) is 9.56. The minimum Gasteiger partial charge on any atom is -0.465 e. The van der Waals surface area contributed by atoms with E-state index in [4.69, 9.17) is 10.5 Å². The summed E-state index contributed by atoms with van der Waals surface area (Å²) in [4.78, 5) is 16.1. The van der Waals surface area contributed by atoms with Crippen molar-refractivity contribution in [1.29, 1.82) is 0 Å². The molecule has 0 saturated heterocycles. The molecule has 104 valence electrons. The van der Waals surface area contributed by atoms with Crippen molar-refractivity contribution in [3.05, 3.63) is 47.2 Å². The van der Waals surface area contributed by atoms with Gasteiger partial charge < -0.3 is 15.6 Å². The number of hydrogen-bond donors (Lipinski definition) is 2. The first-order valence-corrected chi connectivity index (χ1v) is 6.12. The first kappa shape index (κ1) is 14.0. The highest BCUT2D eigenvalue weighted by Gasteiger charge is 2.16. The fourth-order valence-electron chi connectivity index (χ4n) is 2.00. The summed E-state index contributed by atoms with van der Waals surface area (Å²) >= 11 is 0. The Morgan fingerprint density at radius 3 is 2.80 bits per heavy atom. The molecule has 0 spiro atoms. The average Bonchev–Trinajstić information content (AvgIpc) is 2.48. The highest BCUT2D eigenvalue weighted by atomic mass is 16.5. The third kappa shape index (κ3) is 2.62. The number of anilines is 1. The van der Waals surface area contributed by atoms with Crippen LogP contribution in [0.4, 0.5) is 5.69 Å². The van der Waals surface area contributed by atoms with E-state index in [0.717, 1.165) is 11.1 Å². The molecule has 0 bridgehead atoms. The molecular weight excluding hydrogens is 256 g/mol. The van der Waals surface area contributed by atoms with E-state index < -0.39 is 5.97 Å².